The fraction of sp³-hybridized carbons (Fsp3) is 0.909. The van der Waals surface area contributed by atoms with Gasteiger partial charge < -0.3 is 4.55 Å². The molecule has 0 aromatic heterocycles. The molecule has 3 unspecified atom stereocenters. The molecule has 0 heterocycles. The zero-order valence-corrected chi connectivity index (χ0v) is 20.7. The van der Waals surface area contributed by atoms with Crippen LogP contribution in [0.1, 0.15) is 86.5 Å². The van der Waals surface area contributed by atoms with Crippen molar-refractivity contribution < 1.29 is 22.6 Å². The van der Waals surface area contributed by atoms with Gasteiger partial charge in [0.2, 0.25) is 0 Å². The lowest BCUT2D eigenvalue weighted by Gasteiger charge is -2.32. The van der Waals surface area contributed by atoms with E-state index in [4.69, 9.17) is 0 Å². The van der Waals surface area contributed by atoms with Crippen molar-refractivity contribution in [1.29, 1.82) is 0 Å². The molecular weight excluding hydrogens is 408 g/mol. The molecule has 0 radical (unpaired) electrons. The number of carbonyl (C=O) groups excluding carboxylic acids is 2. The Hall–Kier alpha value is -0.400. The van der Waals surface area contributed by atoms with Crippen molar-refractivity contribution in [3.8, 4) is 0 Å². The minimum Gasteiger partial charge on any atom is -0.747 e. The van der Waals surface area contributed by atoms with Crippen LogP contribution in [0.2, 0.25) is 0 Å². The molecule has 2 saturated carbocycles. The Morgan fingerprint density at radius 1 is 1.10 bits per heavy atom. The van der Waals surface area contributed by atoms with Gasteiger partial charge in [0.1, 0.15) is 26.9 Å². The van der Waals surface area contributed by atoms with Gasteiger partial charge >= 0.3 is 0 Å². The molecule has 5 nitrogen and oxygen atoms in total. The molecule has 170 valence electrons. The Kier molecular flexibility index (Phi) is 9.88. The first kappa shape index (κ1) is 26.6. The fourth-order valence-corrected chi connectivity index (χ4v) is 7.61. The molecule has 2 aliphatic rings. The zero-order valence-electron chi connectivity index (χ0n) is 19.1. The monoisotopic (exact) mass is 448 g/mol. The average Bonchev–Trinajstić information content (AvgIpc) is 2.95. The highest BCUT2D eigenvalue weighted by molar-refractivity contribution is 7.97. The summed E-state index contributed by atoms with van der Waals surface area (Å²) in [7, 11) is -4.12. The molecule has 0 N–H and O–H groups in total. The van der Waals surface area contributed by atoms with Gasteiger partial charge in [-0.05, 0) is 55.3 Å². The second-order valence-electron chi connectivity index (χ2n) is 9.16. The van der Waals surface area contributed by atoms with Crippen LogP contribution in [-0.4, -0.2) is 47.0 Å². The lowest BCUT2D eigenvalue weighted by Crippen LogP contribution is -2.38. The van der Waals surface area contributed by atoms with Crippen LogP contribution in [0.3, 0.4) is 0 Å². The third-order valence-corrected chi connectivity index (χ3v) is 10.8. The average molecular weight is 449 g/mol. The van der Waals surface area contributed by atoms with Gasteiger partial charge in [-0.2, -0.15) is 0 Å². The Balaban J connectivity index is 0.000000291. The zero-order chi connectivity index (χ0) is 22.5. The van der Waals surface area contributed by atoms with Gasteiger partial charge in [0.25, 0.3) is 0 Å². The Morgan fingerprint density at radius 3 is 2.07 bits per heavy atom. The number of rotatable bonds is 10. The van der Waals surface area contributed by atoms with Crippen LogP contribution >= 0.6 is 0 Å². The van der Waals surface area contributed by atoms with E-state index in [1.165, 1.54) is 30.8 Å². The topological polar surface area (TPSA) is 91.3 Å². The normalized spacial score (nSPS) is 27.8. The molecule has 0 aliphatic heterocycles. The van der Waals surface area contributed by atoms with E-state index >= 15 is 0 Å². The molecule has 0 aromatic carbocycles. The first-order valence-electron chi connectivity index (χ1n) is 11.0. The van der Waals surface area contributed by atoms with Crippen LogP contribution in [0.5, 0.6) is 0 Å². The van der Waals surface area contributed by atoms with Gasteiger partial charge in [-0.3, -0.25) is 9.59 Å². The van der Waals surface area contributed by atoms with Crippen LogP contribution in [0.25, 0.3) is 0 Å². The second kappa shape index (κ2) is 10.8. The lowest BCUT2D eigenvalue weighted by molar-refractivity contribution is -0.128. The van der Waals surface area contributed by atoms with Gasteiger partial charge in [0.15, 0.2) is 17.3 Å². The highest BCUT2D eigenvalue weighted by Crippen LogP contribution is 2.64. The van der Waals surface area contributed by atoms with E-state index in [9.17, 15) is 22.6 Å². The van der Waals surface area contributed by atoms with Crippen molar-refractivity contribution in [2.45, 2.75) is 91.7 Å². The predicted molar refractivity (Wildman–Crippen MR) is 120 cm³/mol. The Bertz CT molecular complexity index is 667. The highest BCUT2D eigenvalue weighted by atomic mass is 32.2. The molecule has 7 heteroatoms. The summed E-state index contributed by atoms with van der Waals surface area (Å²) in [5.74, 6) is 3.04. The molecule has 29 heavy (non-hydrogen) atoms. The minimum atomic E-state index is -4.49. The number of ketones is 2. The molecule has 2 fully saturated rings. The molecule has 0 spiro atoms. The Labute approximate surface area is 180 Å². The minimum absolute atomic E-state index is 0.294. The number of fused-ring (bicyclic) bond motifs is 2. The van der Waals surface area contributed by atoms with Gasteiger partial charge in [0, 0.05) is 11.8 Å². The molecule has 2 bridgehead atoms. The fourth-order valence-electron chi connectivity index (χ4n) is 4.79. The highest BCUT2D eigenvalue weighted by Gasteiger charge is 2.67. The molecule has 2 aliphatic carbocycles. The van der Waals surface area contributed by atoms with E-state index in [0.29, 0.717) is 29.5 Å². The van der Waals surface area contributed by atoms with Gasteiger partial charge in [-0.25, -0.2) is 8.42 Å². The Morgan fingerprint density at radius 2 is 1.69 bits per heavy atom. The molecule has 0 aromatic rings. The van der Waals surface area contributed by atoms with Crippen LogP contribution in [0.4, 0.5) is 0 Å². The summed E-state index contributed by atoms with van der Waals surface area (Å²) in [6, 6.07) is 0. The van der Waals surface area contributed by atoms with Crippen LogP contribution in [0, 0.1) is 16.7 Å². The van der Waals surface area contributed by atoms with Crippen LogP contribution in [0.15, 0.2) is 0 Å². The maximum atomic E-state index is 12.0. The van der Waals surface area contributed by atoms with Crippen molar-refractivity contribution in [3.05, 3.63) is 0 Å². The largest absolute Gasteiger partial charge is 0.747 e. The van der Waals surface area contributed by atoms with Crippen LogP contribution < -0.4 is 0 Å². The summed E-state index contributed by atoms with van der Waals surface area (Å²) in [4.78, 5) is 23.5. The second-order valence-corrected chi connectivity index (χ2v) is 13.3. The molecule has 2 rings (SSSR count). The number of carbonyl (C=O) groups is 2. The molecular formula is C22H40O5S2. The summed E-state index contributed by atoms with van der Waals surface area (Å²) in [5, 5.41) is -1.30. The maximum Gasteiger partial charge on any atom is 0.181 e. The van der Waals surface area contributed by atoms with Crippen molar-refractivity contribution in [2.24, 2.45) is 16.7 Å². The van der Waals surface area contributed by atoms with E-state index in [1.54, 1.807) is 6.92 Å². The third kappa shape index (κ3) is 6.07. The number of Topliss-reactive ketones (excluding diaryl/α,β-unsaturated/α-hetero) is 2. The first-order valence-corrected chi connectivity index (χ1v) is 14.2. The van der Waals surface area contributed by atoms with E-state index in [2.05, 4.69) is 20.8 Å². The lowest BCUT2D eigenvalue weighted by atomic mass is 9.70. The first-order chi connectivity index (χ1) is 13.4. The van der Waals surface area contributed by atoms with E-state index in [1.807, 2.05) is 13.8 Å². The van der Waals surface area contributed by atoms with Gasteiger partial charge in [-0.1, -0.05) is 47.0 Å². The van der Waals surface area contributed by atoms with E-state index in [0.717, 1.165) is 18.6 Å². The van der Waals surface area contributed by atoms with Gasteiger partial charge in [-0.15, -0.1) is 0 Å². The predicted octanol–water partition coefficient (Wildman–Crippen LogP) is 4.11. The number of hydrogen-bond acceptors (Lipinski definition) is 5. The van der Waals surface area contributed by atoms with Crippen molar-refractivity contribution in [2.75, 3.05) is 17.3 Å². The van der Waals surface area contributed by atoms with Crippen molar-refractivity contribution >= 4 is 32.6 Å². The quantitative estimate of drug-likeness (QED) is 0.285. The molecule has 3 atom stereocenters. The summed E-state index contributed by atoms with van der Waals surface area (Å²) >= 11 is 0. The van der Waals surface area contributed by atoms with Crippen LogP contribution in [-0.2, 0) is 30.6 Å². The SMILES string of the molecule is CC12CCC(C(S(=O)(=O)[O-])C1=O)C2(C)C.CCCCCCC(=O)C[S+](CC)CC. The molecule has 0 amide bonds. The smallest absolute Gasteiger partial charge is 0.181 e. The number of unbranched alkanes of at least 4 members (excludes halogenated alkanes) is 3. The molecule has 0 saturated heterocycles. The third-order valence-electron chi connectivity index (χ3n) is 7.27. The maximum absolute atomic E-state index is 12.0. The summed E-state index contributed by atoms with van der Waals surface area (Å²) in [6.45, 7) is 12.2. The van der Waals surface area contributed by atoms with E-state index < -0.39 is 20.8 Å². The number of hydrogen-bond donors (Lipinski definition) is 0. The van der Waals surface area contributed by atoms with Crippen molar-refractivity contribution in [3.63, 3.8) is 0 Å². The summed E-state index contributed by atoms with van der Waals surface area (Å²) in [5.41, 5.74) is -0.994. The summed E-state index contributed by atoms with van der Waals surface area (Å²) in [6.07, 6.45) is 7.06. The van der Waals surface area contributed by atoms with Gasteiger partial charge in [0.05, 0.1) is 0 Å². The standard InChI is InChI=1S/C12H25OS.C10H16O4S/c1-4-7-8-9-10-12(13)11-14(5-2)6-3;1-9(2)6-4-5-10(9,3)8(11)7(6)15(12,13)14/h4-11H2,1-3H3;6-7H,4-5H2,1-3H3,(H,12,13,14)/q+1;/p-1. The van der Waals surface area contributed by atoms with Crippen molar-refractivity contribution in [1.82, 2.24) is 0 Å². The summed E-state index contributed by atoms with van der Waals surface area (Å²) < 4.78 is 33.3. The van der Waals surface area contributed by atoms with E-state index in [-0.39, 0.29) is 17.1 Å².